The lowest BCUT2D eigenvalue weighted by molar-refractivity contribution is -0.137. The predicted octanol–water partition coefficient (Wildman–Crippen LogP) is 5.70. The molecular formula is C21H17ClF3N3O4S. The van der Waals surface area contributed by atoms with Gasteiger partial charge in [0.25, 0.3) is 0 Å². The van der Waals surface area contributed by atoms with Crippen LogP contribution in [-0.4, -0.2) is 21.5 Å². The molecule has 3 rings (SSSR count). The van der Waals surface area contributed by atoms with Gasteiger partial charge in [0.05, 0.1) is 15.5 Å². The average molecular weight is 500 g/mol. The van der Waals surface area contributed by atoms with Crippen LogP contribution in [0.4, 0.5) is 29.3 Å². The highest BCUT2D eigenvalue weighted by atomic mass is 35.5. The Morgan fingerprint density at radius 3 is 2.18 bits per heavy atom. The first kappa shape index (κ1) is 24.4. The topological polar surface area (TPSA) is 96.5 Å². The van der Waals surface area contributed by atoms with Crippen molar-refractivity contribution >= 4 is 39.0 Å². The molecule has 0 aliphatic heterocycles. The molecule has 3 N–H and O–H groups in total. The molecule has 0 spiro atoms. The summed E-state index contributed by atoms with van der Waals surface area (Å²) in [6, 6.07) is 14.2. The van der Waals surface area contributed by atoms with E-state index >= 15 is 0 Å². The number of ether oxygens (including phenoxy) is 1. The third-order valence-electron chi connectivity index (χ3n) is 4.26. The van der Waals surface area contributed by atoms with Gasteiger partial charge in [0.15, 0.2) is 0 Å². The van der Waals surface area contributed by atoms with Crippen LogP contribution in [0.15, 0.2) is 71.6 Å². The number of benzene rings is 3. The van der Waals surface area contributed by atoms with Gasteiger partial charge in [0.2, 0.25) is 10.0 Å². The minimum atomic E-state index is -4.65. The summed E-state index contributed by atoms with van der Waals surface area (Å²) >= 11 is 5.57. The number of sulfonamides is 1. The normalized spacial score (nSPS) is 11.7. The number of anilines is 2. The summed E-state index contributed by atoms with van der Waals surface area (Å²) < 4.78 is 70.5. The molecule has 0 unspecified atom stereocenters. The Hall–Kier alpha value is -3.28. The van der Waals surface area contributed by atoms with Crippen LogP contribution in [0, 0.1) is 0 Å². The first-order valence-corrected chi connectivity index (χ1v) is 11.1. The van der Waals surface area contributed by atoms with E-state index in [9.17, 15) is 26.4 Å². The second-order valence-corrected chi connectivity index (χ2v) is 8.87. The van der Waals surface area contributed by atoms with Gasteiger partial charge in [-0.1, -0.05) is 17.7 Å². The third kappa shape index (κ3) is 6.37. The maximum atomic E-state index is 12.9. The summed E-state index contributed by atoms with van der Waals surface area (Å²) in [5.74, 6) is 0.653. The summed E-state index contributed by atoms with van der Waals surface area (Å²) in [6.45, 7) is 0. The molecule has 3 aromatic rings. The first-order valence-electron chi connectivity index (χ1n) is 9.24. The van der Waals surface area contributed by atoms with Crippen LogP contribution in [-0.2, 0) is 16.2 Å². The van der Waals surface area contributed by atoms with Gasteiger partial charge in [-0.2, -0.15) is 13.2 Å². The van der Waals surface area contributed by atoms with E-state index in [1.165, 1.54) is 55.6 Å². The fourth-order valence-corrected chi connectivity index (χ4v) is 3.67. The molecule has 12 heteroatoms. The minimum absolute atomic E-state index is 0.0355. The fourth-order valence-electron chi connectivity index (χ4n) is 2.68. The van der Waals surface area contributed by atoms with Gasteiger partial charge in [-0.15, -0.1) is 0 Å². The van der Waals surface area contributed by atoms with Gasteiger partial charge in [-0.3, -0.25) is 0 Å². The van der Waals surface area contributed by atoms with Crippen LogP contribution in [0.5, 0.6) is 11.5 Å². The number of hydrogen-bond donors (Lipinski definition) is 3. The smallest absolute Gasteiger partial charge is 0.417 e. The minimum Gasteiger partial charge on any atom is -0.457 e. The number of halogens is 4. The molecule has 0 radical (unpaired) electrons. The standard InChI is InChI=1S/C21H17ClF3N3O4S/c1-26-33(30,31)17-4-2-3-16(12-17)32-15-8-5-13(6-9-15)27-20(29)28-14-7-10-19(22)18(11-14)21(23,24)25/h2-12,26H,1H3,(H2,27,28,29). The Balaban J connectivity index is 1.64. The molecule has 0 saturated carbocycles. The van der Waals surface area contributed by atoms with E-state index in [0.29, 0.717) is 11.4 Å². The zero-order valence-corrected chi connectivity index (χ0v) is 18.5. The number of carbonyl (C=O) groups is 1. The number of amides is 2. The molecule has 3 aromatic carbocycles. The number of rotatable bonds is 6. The summed E-state index contributed by atoms with van der Waals surface area (Å²) in [6.07, 6.45) is -4.65. The Bertz CT molecular complexity index is 1270. The molecule has 0 aliphatic rings. The van der Waals surface area contributed by atoms with Gasteiger partial charge in [0.1, 0.15) is 11.5 Å². The Kier molecular flexibility index (Phi) is 7.15. The van der Waals surface area contributed by atoms with E-state index < -0.39 is 32.8 Å². The fraction of sp³-hybridized carbons (Fsp3) is 0.0952. The molecule has 7 nitrogen and oxygen atoms in total. The molecule has 0 heterocycles. The highest BCUT2D eigenvalue weighted by Gasteiger charge is 2.33. The van der Waals surface area contributed by atoms with Gasteiger partial charge >= 0.3 is 12.2 Å². The van der Waals surface area contributed by atoms with Crippen molar-refractivity contribution in [2.75, 3.05) is 17.7 Å². The Morgan fingerprint density at radius 2 is 1.55 bits per heavy atom. The van der Waals surface area contributed by atoms with E-state index in [4.69, 9.17) is 16.3 Å². The summed E-state index contributed by atoms with van der Waals surface area (Å²) in [4.78, 5) is 12.2. The zero-order valence-electron chi connectivity index (χ0n) is 16.9. The monoisotopic (exact) mass is 499 g/mol. The van der Waals surface area contributed by atoms with E-state index in [1.54, 1.807) is 6.07 Å². The first-order chi connectivity index (χ1) is 15.5. The lowest BCUT2D eigenvalue weighted by Crippen LogP contribution is -2.19. The molecule has 0 aliphatic carbocycles. The molecule has 174 valence electrons. The van der Waals surface area contributed by atoms with Crippen molar-refractivity contribution in [2.24, 2.45) is 0 Å². The Morgan fingerprint density at radius 1 is 0.909 bits per heavy atom. The second kappa shape index (κ2) is 9.69. The van der Waals surface area contributed by atoms with Crippen molar-refractivity contribution < 1.29 is 31.1 Å². The van der Waals surface area contributed by atoms with Crippen LogP contribution >= 0.6 is 11.6 Å². The predicted molar refractivity (Wildman–Crippen MR) is 118 cm³/mol. The van der Waals surface area contributed by atoms with Gasteiger partial charge in [0, 0.05) is 17.4 Å². The molecule has 0 bridgehead atoms. The quantitative estimate of drug-likeness (QED) is 0.405. The number of carbonyl (C=O) groups excluding carboxylic acids is 1. The highest BCUT2D eigenvalue weighted by molar-refractivity contribution is 7.89. The van der Waals surface area contributed by atoms with Crippen LogP contribution in [0.2, 0.25) is 5.02 Å². The van der Waals surface area contributed by atoms with Crippen LogP contribution < -0.4 is 20.1 Å². The van der Waals surface area contributed by atoms with Crippen LogP contribution in [0.3, 0.4) is 0 Å². The number of hydrogen-bond acceptors (Lipinski definition) is 4. The number of urea groups is 1. The van der Waals surface area contributed by atoms with Crippen molar-refractivity contribution in [3.8, 4) is 11.5 Å². The largest absolute Gasteiger partial charge is 0.457 e. The lowest BCUT2D eigenvalue weighted by Gasteiger charge is -2.13. The van der Waals surface area contributed by atoms with Crippen LogP contribution in [0.1, 0.15) is 5.56 Å². The maximum Gasteiger partial charge on any atom is 0.417 e. The second-order valence-electron chi connectivity index (χ2n) is 6.58. The van der Waals surface area contributed by atoms with Gasteiger partial charge in [-0.25, -0.2) is 17.9 Å². The van der Waals surface area contributed by atoms with Gasteiger partial charge in [-0.05, 0) is 61.6 Å². The summed E-state index contributed by atoms with van der Waals surface area (Å²) in [5.41, 5.74) is -0.799. The summed E-state index contributed by atoms with van der Waals surface area (Å²) in [7, 11) is -2.33. The van der Waals surface area contributed by atoms with E-state index in [-0.39, 0.29) is 16.3 Å². The van der Waals surface area contributed by atoms with Crippen molar-refractivity contribution in [2.45, 2.75) is 11.1 Å². The van der Waals surface area contributed by atoms with E-state index in [2.05, 4.69) is 15.4 Å². The molecule has 0 saturated heterocycles. The zero-order chi connectivity index (χ0) is 24.2. The van der Waals surface area contributed by atoms with E-state index in [1.807, 2.05) is 0 Å². The molecule has 0 aromatic heterocycles. The third-order valence-corrected chi connectivity index (χ3v) is 6.00. The molecule has 33 heavy (non-hydrogen) atoms. The van der Waals surface area contributed by atoms with Crippen molar-refractivity contribution in [3.05, 3.63) is 77.3 Å². The number of nitrogens with one attached hydrogen (secondary N) is 3. The number of alkyl halides is 3. The van der Waals surface area contributed by atoms with Gasteiger partial charge < -0.3 is 15.4 Å². The SMILES string of the molecule is CNS(=O)(=O)c1cccc(Oc2ccc(NC(=O)Nc3ccc(Cl)c(C(F)(F)F)c3)cc2)c1. The highest BCUT2D eigenvalue weighted by Crippen LogP contribution is 2.36. The van der Waals surface area contributed by atoms with E-state index in [0.717, 1.165) is 12.1 Å². The summed E-state index contributed by atoms with van der Waals surface area (Å²) in [5, 5.41) is 4.32. The Labute approximate surface area is 192 Å². The van der Waals surface area contributed by atoms with Crippen molar-refractivity contribution in [1.29, 1.82) is 0 Å². The molecule has 2 amide bonds. The van der Waals surface area contributed by atoms with Crippen molar-refractivity contribution in [1.82, 2.24) is 4.72 Å². The molecule has 0 fully saturated rings. The maximum absolute atomic E-state index is 12.9. The lowest BCUT2D eigenvalue weighted by atomic mass is 10.2. The molecule has 0 atom stereocenters. The average Bonchev–Trinajstić information content (AvgIpc) is 2.76. The van der Waals surface area contributed by atoms with Crippen molar-refractivity contribution in [3.63, 3.8) is 0 Å². The van der Waals surface area contributed by atoms with Crippen LogP contribution in [0.25, 0.3) is 0 Å². The molecular weight excluding hydrogens is 483 g/mol.